The van der Waals surface area contributed by atoms with Crippen molar-refractivity contribution in [3.63, 3.8) is 0 Å². The van der Waals surface area contributed by atoms with E-state index in [0.29, 0.717) is 6.29 Å². The van der Waals surface area contributed by atoms with Crippen molar-refractivity contribution >= 4 is 6.29 Å². The van der Waals surface area contributed by atoms with Gasteiger partial charge in [0.2, 0.25) is 0 Å². The lowest BCUT2D eigenvalue weighted by Crippen LogP contribution is -2.27. The van der Waals surface area contributed by atoms with Crippen LogP contribution in [0.3, 0.4) is 0 Å². The van der Waals surface area contributed by atoms with Gasteiger partial charge in [-0.3, -0.25) is 0 Å². The fraction of sp³-hybridized carbons (Fsp3) is 0.545. The van der Waals surface area contributed by atoms with Crippen LogP contribution in [0.1, 0.15) is 20.3 Å². The molecule has 2 atom stereocenters. The molecule has 1 N–H and O–H groups in total. The van der Waals surface area contributed by atoms with E-state index in [9.17, 15) is 18.7 Å². The molecule has 0 spiro atoms. The number of allylic oxidation sites excluding steroid dienone is 2. The first-order valence-corrected chi connectivity index (χ1v) is 4.75. The van der Waals surface area contributed by atoms with Crippen LogP contribution in [0.5, 0.6) is 0 Å². The van der Waals surface area contributed by atoms with Gasteiger partial charge in [0.05, 0.1) is 11.5 Å². The molecule has 1 aliphatic rings. The van der Waals surface area contributed by atoms with Gasteiger partial charge in [0.15, 0.2) is 0 Å². The lowest BCUT2D eigenvalue weighted by molar-refractivity contribution is -0.108. The number of hydrogen-bond donors (Lipinski definition) is 1. The lowest BCUT2D eigenvalue weighted by atomic mass is 9.86. The van der Waals surface area contributed by atoms with Crippen molar-refractivity contribution < 1.29 is 18.7 Å². The van der Waals surface area contributed by atoms with E-state index in [1.807, 2.05) is 0 Å². The standard InChI is InChI=1S/C11H14F2O2/c1-11(2,15)7-5-9(12)8(3-4-14)10(13)6-7/h4-6,8-9,15H,3H2,1-2H3. The van der Waals surface area contributed by atoms with Crippen LogP contribution < -0.4 is 0 Å². The summed E-state index contributed by atoms with van der Waals surface area (Å²) in [6.07, 6.45) is 1.02. The van der Waals surface area contributed by atoms with E-state index in [1.165, 1.54) is 13.8 Å². The number of hydrogen-bond acceptors (Lipinski definition) is 2. The van der Waals surface area contributed by atoms with Gasteiger partial charge >= 0.3 is 0 Å². The molecule has 0 saturated heterocycles. The third-order valence-electron chi connectivity index (χ3n) is 2.43. The normalized spacial score (nSPS) is 27.0. The van der Waals surface area contributed by atoms with E-state index in [2.05, 4.69) is 0 Å². The minimum atomic E-state index is -1.55. The second-order valence-corrected chi connectivity index (χ2v) is 4.16. The van der Waals surface area contributed by atoms with Crippen molar-refractivity contribution in [3.8, 4) is 0 Å². The first-order valence-electron chi connectivity index (χ1n) is 4.75. The molecule has 0 heterocycles. The summed E-state index contributed by atoms with van der Waals surface area (Å²) in [4.78, 5) is 10.2. The summed E-state index contributed by atoms with van der Waals surface area (Å²) in [6, 6.07) is 0. The molecule has 0 aromatic carbocycles. The van der Waals surface area contributed by atoms with E-state index in [1.54, 1.807) is 0 Å². The van der Waals surface area contributed by atoms with Gasteiger partial charge in [-0.05, 0) is 31.6 Å². The van der Waals surface area contributed by atoms with Gasteiger partial charge in [0, 0.05) is 6.42 Å². The third kappa shape index (κ3) is 2.72. The third-order valence-corrected chi connectivity index (χ3v) is 2.43. The zero-order valence-corrected chi connectivity index (χ0v) is 8.71. The molecule has 4 heteroatoms. The van der Waals surface area contributed by atoms with Gasteiger partial charge in [0.25, 0.3) is 0 Å². The largest absolute Gasteiger partial charge is 0.386 e. The molecule has 0 radical (unpaired) electrons. The highest BCUT2D eigenvalue weighted by atomic mass is 19.1. The van der Waals surface area contributed by atoms with E-state index in [-0.39, 0.29) is 12.0 Å². The summed E-state index contributed by atoms with van der Waals surface area (Å²) >= 11 is 0. The molecule has 1 aliphatic carbocycles. The highest BCUT2D eigenvalue weighted by Crippen LogP contribution is 2.33. The minimum Gasteiger partial charge on any atom is -0.386 e. The van der Waals surface area contributed by atoms with Crippen molar-refractivity contribution in [2.45, 2.75) is 32.0 Å². The summed E-state index contributed by atoms with van der Waals surface area (Å²) < 4.78 is 26.8. The second-order valence-electron chi connectivity index (χ2n) is 4.16. The second kappa shape index (κ2) is 4.23. The summed E-state index contributed by atoms with van der Waals surface area (Å²) in [5.74, 6) is -1.72. The van der Waals surface area contributed by atoms with Crippen molar-refractivity contribution in [2.24, 2.45) is 5.92 Å². The number of aldehydes is 1. The monoisotopic (exact) mass is 216 g/mol. The van der Waals surface area contributed by atoms with Crippen molar-refractivity contribution in [3.05, 3.63) is 23.6 Å². The number of rotatable bonds is 3. The Morgan fingerprint density at radius 1 is 1.60 bits per heavy atom. The number of alkyl halides is 1. The van der Waals surface area contributed by atoms with E-state index in [0.717, 1.165) is 12.2 Å². The molecule has 0 aromatic heterocycles. The molecule has 84 valence electrons. The maximum absolute atomic E-state index is 13.4. The molecule has 0 amide bonds. The van der Waals surface area contributed by atoms with Gasteiger partial charge in [-0.1, -0.05) is 0 Å². The Hall–Kier alpha value is -1.03. The molecule has 0 aliphatic heterocycles. The van der Waals surface area contributed by atoms with Crippen LogP contribution in [0.15, 0.2) is 23.6 Å². The van der Waals surface area contributed by atoms with Crippen LogP contribution in [-0.4, -0.2) is 23.2 Å². The van der Waals surface area contributed by atoms with Gasteiger partial charge in [0.1, 0.15) is 18.3 Å². The summed E-state index contributed by atoms with van der Waals surface area (Å²) in [6.45, 7) is 2.91. The maximum atomic E-state index is 13.4. The van der Waals surface area contributed by atoms with Gasteiger partial charge in [-0.2, -0.15) is 0 Å². The van der Waals surface area contributed by atoms with E-state index < -0.39 is 23.5 Å². The highest BCUT2D eigenvalue weighted by molar-refractivity contribution is 5.52. The molecule has 15 heavy (non-hydrogen) atoms. The van der Waals surface area contributed by atoms with Crippen molar-refractivity contribution in [1.82, 2.24) is 0 Å². The Labute approximate surface area is 87.3 Å². The Morgan fingerprint density at radius 2 is 2.20 bits per heavy atom. The first-order chi connectivity index (χ1) is 6.86. The van der Waals surface area contributed by atoms with Crippen LogP contribution in [0.25, 0.3) is 0 Å². The Balaban J connectivity index is 2.94. The van der Waals surface area contributed by atoms with Crippen LogP contribution >= 0.6 is 0 Å². The molecule has 0 bridgehead atoms. The zero-order chi connectivity index (χ0) is 11.6. The maximum Gasteiger partial charge on any atom is 0.128 e. The zero-order valence-electron chi connectivity index (χ0n) is 8.71. The van der Waals surface area contributed by atoms with Crippen molar-refractivity contribution in [2.75, 3.05) is 0 Å². The van der Waals surface area contributed by atoms with E-state index >= 15 is 0 Å². The summed E-state index contributed by atoms with van der Waals surface area (Å²) in [5, 5.41) is 9.58. The molecular formula is C11H14F2O2. The van der Waals surface area contributed by atoms with Gasteiger partial charge in [-0.25, -0.2) is 8.78 Å². The average Bonchev–Trinajstić information content (AvgIpc) is 2.09. The number of carbonyl (C=O) groups is 1. The Bertz CT molecular complexity index is 313. The SMILES string of the molecule is CC(C)(O)C1=CC(F)C(CC=O)C(F)=C1. The van der Waals surface area contributed by atoms with Crippen LogP contribution in [0.2, 0.25) is 0 Å². The molecular weight excluding hydrogens is 202 g/mol. The molecule has 1 rings (SSSR count). The van der Waals surface area contributed by atoms with Crippen LogP contribution in [0, 0.1) is 5.92 Å². The number of carbonyl (C=O) groups excluding carboxylic acids is 1. The number of aliphatic hydroxyl groups is 1. The van der Waals surface area contributed by atoms with E-state index in [4.69, 9.17) is 0 Å². The number of halogens is 2. The van der Waals surface area contributed by atoms with Gasteiger partial charge in [-0.15, -0.1) is 0 Å². The quantitative estimate of drug-likeness (QED) is 0.733. The predicted molar refractivity (Wildman–Crippen MR) is 52.6 cm³/mol. The van der Waals surface area contributed by atoms with Crippen molar-refractivity contribution in [1.29, 1.82) is 0 Å². The molecule has 0 aromatic rings. The molecule has 2 unspecified atom stereocenters. The molecule has 0 fully saturated rings. The predicted octanol–water partition coefficient (Wildman–Crippen LogP) is 2.09. The smallest absolute Gasteiger partial charge is 0.128 e. The Morgan fingerprint density at radius 3 is 2.60 bits per heavy atom. The fourth-order valence-electron chi connectivity index (χ4n) is 1.47. The molecule has 2 nitrogen and oxygen atoms in total. The van der Waals surface area contributed by atoms with Crippen LogP contribution in [0.4, 0.5) is 8.78 Å². The first kappa shape index (κ1) is 12.0. The Kier molecular flexibility index (Phi) is 3.39. The average molecular weight is 216 g/mol. The highest BCUT2D eigenvalue weighted by Gasteiger charge is 2.31. The van der Waals surface area contributed by atoms with Gasteiger partial charge < -0.3 is 9.90 Å². The van der Waals surface area contributed by atoms with Crippen LogP contribution in [-0.2, 0) is 4.79 Å². The summed E-state index contributed by atoms with van der Waals surface area (Å²) in [5.41, 5.74) is -1.07. The summed E-state index contributed by atoms with van der Waals surface area (Å²) in [7, 11) is 0. The lowest BCUT2D eigenvalue weighted by Gasteiger charge is -2.26. The fourth-order valence-corrected chi connectivity index (χ4v) is 1.47. The minimum absolute atomic E-state index is 0.181. The topological polar surface area (TPSA) is 37.3 Å². The molecule has 0 saturated carbocycles.